The van der Waals surface area contributed by atoms with Gasteiger partial charge in [0.1, 0.15) is 0 Å². The van der Waals surface area contributed by atoms with Crippen molar-refractivity contribution in [2.24, 2.45) is 5.92 Å². The van der Waals surface area contributed by atoms with E-state index in [4.69, 9.17) is 0 Å². The third-order valence-corrected chi connectivity index (χ3v) is 4.27. The lowest BCUT2D eigenvalue weighted by molar-refractivity contribution is 0.0967. The van der Waals surface area contributed by atoms with E-state index in [1.54, 1.807) is 6.20 Å². The first-order chi connectivity index (χ1) is 10.3. The lowest BCUT2D eigenvalue weighted by Crippen LogP contribution is -2.04. The molecule has 1 aliphatic carbocycles. The summed E-state index contributed by atoms with van der Waals surface area (Å²) >= 11 is 0. The molecule has 0 saturated heterocycles. The molecule has 21 heavy (non-hydrogen) atoms. The fraction of sp³-hybridized carbons (Fsp3) is 0.158. The van der Waals surface area contributed by atoms with E-state index in [0.717, 1.165) is 22.9 Å². The zero-order valence-corrected chi connectivity index (χ0v) is 11.6. The fourth-order valence-electron chi connectivity index (χ4n) is 3.06. The van der Waals surface area contributed by atoms with Gasteiger partial charge in [-0.15, -0.1) is 0 Å². The molecule has 1 fully saturated rings. The number of fused-ring (bicyclic) bond motifs is 1. The number of para-hydroxylation sites is 1. The predicted octanol–water partition coefficient (Wildman–Crippen LogP) is 4.22. The van der Waals surface area contributed by atoms with Crippen LogP contribution in [-0.2, 0) is 0 Å². The fourth-order valence-corrected chi connectivity index (χ4v) is 3.06. The van der Waals surface area contributed by atoms with Gasteiger partial charge >= 0.3 is 0 Å². The molecule has 2 nitrogen and oxygen atoms in total. The minimum Gasteiger partial charge on any atom is -0.294 e. The van der Waals surface area contributed by atoms with Crippen LogP contribution in [-0.4, -0.2) is 10.8 Å². The molecule has 0 aliphatic heterocycles. The van der Waals surface area contributed by atoms with Crippen LogP contribution in [0.2, 0.25) is 0 Å². The summed E-state index contributed by atoms with van der Waals surface area (Å²) in [5, 5.41) is 0.962. The number of benzene rings is 2. The molecule has 4 rings (SSSR count). The van der Waals surface area contributed by atoms with Gasteiger partial charge in [0.15, 0.2) is 5.78 Å². The lowest BCUT2D eigenvalue weighted by Gasteiger charge is -2.05. The molecular weight excluding hydrogens is 258 g/mol. The molecule has 102 valence electrons. The first-order valence-electron chi connectivity index (χ1n) is 7.27. The Morgan fingerprint density at radius 3 is 2.57 bits per heavy atom. The second-order valence-electron chi connectivity index (χ2n) is 5.60. The minimum atomic E-state index is 0.123. The van der Waals surface area contributed by atoms with Crippen LogP contribution in [0.3, 0.4) is 0 Å². The molecule has 1 aromatic heterocycles. The predicted molar refractivity (Wildman–Crippen MR) is 83.4 cm³/mol. The van der Waals surface area contributed by atoms with Crippen molar-refractivity contribution < 1.29 is 4.79 Å². The van der Waals surface area contributed by atoms with E-state index >= 15 is 0 Å². The largest absolute Gasteiger partial charge is 0.294 e. The average molecular weight is 273 g/mol. The van der Waals surface area contributed by atoms with Crippen molar-refractivity contribution in [2.45, 2.75) is 12.3 Å². The highest BCUT2D eigenvalue weighted by atomic mass is 16.1. The van der Waals surface area contributed by atoms with Crippen LogP contribution < -0.4 is 0 Å². The second kappa shape index (κ2) is 4.81. The van der Waals surface area contributed by atoms with Crippen LogP contribution in [0.25, 0.3) is 10.9 Å². The molecule has 1 aliphatic rings. The number of hydrogen-bond donors (Lipinski definition) is 0. The van der Waals surface area contributed by atoms with Crippen LogP contribution in [0.1, 0.15) is 28.3 Å². The summed E-state index contributed by atoms with van der Waals surface area (Å²) in [5.41, 5.74) is 2.97. The van der Waals surface area contributed by atoms with Gasteiger partial charge in [-0.1, -0.05) is 48.5 Å². The van der Waals surface area contributed by atoms with E-state index in [1.807, 2.05) is 48.5 Å². The van der Waals surface area contributed by atoms with E-state index in [0.29, 0.717) is 5.92 Å². The van der Waals surface area contributed by atoms with Gasteiger partial charge in [-0.05, 0) is 30.0 Å². The molecule has 2 heteroatoms. The van der Waals surface area contributed by atoms with Crippen LogP contribution >= 0.6 is 0 Å². The summed E-state index contributed by atoms with van der Waals surface area (Å²) in [6.07, 6.45) is 2.69. The van der Waals surface area contributed by atoms with Crippen molar-refractivity contribution >= 4 is 16.7 Å². The zero-order chi connectivity index (χ0) is 14.2. The van der Waals surface area contributed by atoms with E-state index in [-0.39, 0.29) is 11.7 Å². The maximum atomic E-state index is 12.8. The van der Waals surface area contributed by atoms with Gasteiger partial charge in [0.25, 0.3) is 0 Å². The normalized spacial score (nSPS) is 20.4. The van der Waals surface area contributed by atoms with Crippen molar-refractivity contribution in [1.82, 2.24) is 4.98 Å². The Hall–Kier alpha value is -2.48. The standard InChI is InChI=1S/C19H15NO/c21-19(17-12-16(17)13-6-2-1-3-7-13)15-10-11-20-18-9-5-4-8-14(15)18/h1-11,16-17H,12H2. The summed E-state index contributed by atoms with van der Waals surface area (Å²) in [6, 6.07) is 20.0. The molecule has 1 saturated carbocycles. The number of carbonyl (C=O) groups is 1. The summed E-state index contributed by atoms with van der Waals surface area (Å²) < 4.78 is 0. The number of aromatic nitrogens is 1. The smallest absolute Gasteiger partial charge is 0.167 e. The van der Waals surface area contributed by atoms with Gasteiger partial charge in [-0.3, -0.25) is 9.78 Å². The minimum absolute atomic E-state index is 0.123. The number of hydrogen-bond acceptors (Lipinski definition) is 2. The molecule has 1 heterocycles. The Labute approximate surface area is 123 Å². The number of Topliss-reactive ketones (excluding diaryl/α,β-unsaturated/α-hetero) is 1. The number of ketones is 1. The van der Waals surface area contributed by atoms with Crippen LogP contribution in [0.15, 0.2) is 66.9 Å². The number of pyridine rings is 1. The molecule has 2 atom stereocenters. The number of nitrogens with zero attached hydrogens (tertiary/aromatic N) is 1. The van der Waals surface area contributed by atoms with Crippen molar-refractivity contribution in [3.05, 3.63) is 78.0 Å². The highest BCUT2D eigenvalue weighted by Crippen LogP contribution is 2.49. The van der Waals surface area contributed by atoms with Crippen LogP contribution in [0.5, 0.6) is 0 Å². The van der Waals surface area contributed by atoms with Gasteiger partial charge < -0.3 is 0 Å². The SMILES string of the molecule is O=C(c1ccnc2ccccc12)C1CC1c1ccccc1. The van der Waals surface area contributed by atoms with Crippen LogP contribution in [0, 0.1) is 5.92 Å². The van der Waals surface area contributed by atoms with Gasteiger partial charge in [0.05, 0.1) is 5.52 Å². The van der Waals surface area contributed by atoms with Crippen molar-refractivity contribution in [1.29, 1.82) is 0 Å². The molecule has 0 spiro atoms. The summed E-state index contributed by atoms with van der Waals surface area (Å²) in [5.74, 6) is 0.756. The average Bonchev–Trinajstić information content (AvgIpc) is 3.35. The number of carbonyl (C=O) groups excluding carboxylic acids is 1. The maximum absolute atomic E-state index is 12.8. The van der Waals surface area contributed by atoms with E-state index < -0.39 is 0 Å². The van der Waals surface area contributed by atoms with Gasteiger partial charge in [0.2, 0.25) is 0 Å². The zero-order valence-electron chi connectivity index (χ0n) is 11.6. The molecule has 0 N–H and O–H groups in total. The molecular formula is C19H15NO. The molecule has 2 aromatic carbocycles. The molecule has 3 aromatic rings. The lowest BCUT2D eigenvalue weighted by atomic mass is 10.00. The molecule has 0 amide bonds. The Balaban J connectivity index is 1.67. The van der Waals surface area contributed by atoms with Gasteiger partial charge in [-0.2, -0.15) is 0 Å². The monoisotopic (exact) mass is 273 g/mol. The first kappa shape index (κ1) is 12.3. The van der Waals surface area contributed by atoms with E-state index in [2.05, 4.69) is 17.1 Å². The third kappa shape index (κ3) is 2.13. The van der Waals surface area contributed by atoms with E-state index in [9.17, 15) is 4.79 Å². The maximum Gasteiger partial charge on any atom is 0.167 e. The van der Waals surface area contributed by atoms with Crippen molar-refractivity contribution in [2.75, 3.05) is 0 Å². The summed E-state index contributed by atoms with van der Waals surface area (Å²) in [7, 11) is 0. The molecule has 0 radical (unpaired) electrons. The Morgan fingerprint density at radius 1 is 0.952 bits per heavy atom. The first-order valence-corrected chi connectivity index (χ1v) is 7.27. The van der Waals surface area contributed by atoms with Crippen molar-refractivity contribution in [3.8, 4) is 0 Å². The van der Waals surface area contributed by atoms with Crippen molar-refractivity contribution in [3.63, 3.8) is 0 Å². The highest BCUT2D eigenvalue weighted by molar-refractivity contribution is 6.09. The van der Waals surface area contributed by atoms with Gasteiger partial charge in [0, 0.05) is 23.1 Å². The van der Waals surface area contributed by atoms with Crippen LogP contribution in [0.4, 0.5) is 0 Å². The topological polar surface area (TPSA) is 30.0 Å². The summed E-state index contributed by atoms with van der Waals surface area (Å²) in [6.45, 7) is 0. The Kier molecular flexibility index (Phi) is 2.81. The molecule has 0 bridgehead atoms. The van der Waals surface area contributed by atoms with Gasteiger partial charge in [-0.25, -0.2) is 0 Å². The quantitative estimate of drug-likeness (QED) is 0.669. The third-order valence-electron chi connectivity index (χ3n) is 4.27. The Bertz CT molecular complexity index is 805. The Morgan fingerprint density at radius 2 is 1.71 bits per heavy atom. The second-order valence-corrected chi connectivity index (χ2v) is 5.60. The molecule has 2 unspecified atom stereocenters. The highest BCUT2D eigenvalue weighted by Gasteiger charge is 2.44. The summed E-state index contributed by atoms with van der Waals surface area (Å²) in [4.78, 5) is 17.1. The van der Waals surface area contributed by atoms with E-state index in [1.165, 1.54) is 5.56 Å². The number of rotatable bonds is 3.